The fourth-order valence-electron chi connectivity index (χ4n) is 2.57. The number of fused-ring (bicyclic) bond motifs is 1. The lowest BCUT2D eigenvalue weighted by Crippen LogP contribution is -2.05. The van der Waals surface area contributed by atoms with Gasteiger partial charge in [-0.3, -0.25) is 4.98 Å². The third-order valence-electron chi connectivity index (χ3n) is 3.80. The van der Waals surface area contributed by atoms with Crippen molar-refractivity contribution in [3.63, 3.8) is 0 Å². The number of rotatable bonds is 3. The maximum Gasteiger partial charge on any atom is 0.226 e. The number of anilines is 2. The molecule has 0 atom stereocenters. The van der Waals surface area contributed by atoms with Crippen molar-refractivity contribution in [2.24, 2.45) is 0 Å². The van der Waals surface area contributed by atoms with Gasteiger partial charge in [-0.15, -0.1) is 11.3 Å². The molecule has 0 amide bonds. The summed E-state index contributed by atoms with van der Waals surface area (Å²) in [5, 5.41) is 7.53. The van der Waals surface area contributed by atoms with Gasteiger partial charge in [-0.25, -0.2) is 14.6 Å². The Hall–Kier alpha value is -3.07. The highest BCUT2D eigenvalue weighted by Gasteiger charge is 2.16. The molecule has 24 heavy (non-hydrogen) atoms. The minimum Gasteiger partial charge on any atom is -0.396 e. The Balaban J connectivity index is 1.72. The number of hydrogen-bond acceptors (Lipinski definition) is 9. The van der Waals surface area contributed by atoms with E-state index in [1.165, 1.54) is 11.3 Å². The van der Waals surface area contributed by atoms with Gasteiger partial charge in [0.1, 0.15) is 5.82 Å². The summed E-state index contributed by atoms with van der Waals surface area (Å²) < 4.78 is 4.70. The average molecular weight is 339 g/mol. The van der Waals surface area contributed by atoms with E-state index < -0.39 is 0 Å². The Morgan fingerprint density at radius 2 is 2.04 bits per heavy atom. The van der Waals surface area contributed by atoms with Gasteiger partial charge in [-0.2, -0.15) is 0 Å². The summed E-state index contributed by atoms with van der Waals surface area (Å²) in [5.74, 6) is 0.463. The van der Waals surface area contributed by atoms with Crippen molar-refractivity contribution in [2.75, 3.05) is 11.5 Å². The molecule has 9 heteroatoms. The van der Waals surface area contributed by atoms with Crippen LogP contribution in [0.15, 0.2) is 28.5 Å². The van der Waals surface area contributed by atoms with Crippen LogP contribution >= 0.6 is 11.3 Å². The smallest absolute Gasteiger partial charge is 0.226 e. The number of aromatic nitrogens is 5. The van der Waals surface area contributed by atoms with Crippen LogP contribution in [0.4, 0.5) is 11.5 Å². The predicted octanol–water partition coefficient (Wildman–Crippen LogP) is 2.20. The molecule has 4 N–H and O–H groups in total. The molecule has 0 aliphatic carbocycles. The Bertz CT molecular complexity index is 1030. The van der Waals surface area contributed by atoms with Gasteiger partial charge < -0.3 is 11.5 Å². The van der Waals surface area contributed by atoms with Crippen molar-refractivity contribution >= 4 is 34.0 Å². The number of nitrogens with two attached hydrogens (primary N) is 2. The second-order valence-electron chi connectivity index (χ2n) is 5.30. The number of hydrogen-bond donors (Lipinski definition) is 2. The van der Waals surface area contributed by atoms with Crippen LogP contribution in [0.1, 0.15) is 17.0 Å². The molecule has 4 heterocycles. The monoisotopic (exact) mass is 339 g/mol. The van der Waals surface area contributed by atoms with Gasteiger partial charge in [-0.1, -0.05) is 0 Å². The number of aryl methyl sites for hydroxylation is 1. The SMILES string of the molecule is Cc1nc2nonc2c(N)c1Cc1ccc(-c2cncs2)c(N)n1. The molecule has 0 fully saturated rings. The van der Waals surface area contributed by atoms with Crippen molar-refractivity contribution < 1.29 is 4.63 Å². The summed E-state index contributed by atoms with van der Waals surface area (Å²) in [6.45, 7) is 1.87. The second kappa shape index (κ2) is 5.53. The van der Waals surface area contributed by atoms with E-state index in [2.05, 4.69) is 25.3 Å². The van der Waals surface area contributed by atoms with E-state index in [4.69, 9.17) is 16.1 Å². The van der Waals surface area contributed by atoms with Gasteiger partial charge in [0.25, 0.3) is 0 Å². The minimum atomic E-state index is 0.404. The maximum absolute atomic E-state index is 6.19. The van der Waals surface area contributed by atoms with Crippen LogP contribution < -0.4 is 11.5 Å². The van der Waals surface area contributed by atoms with E-state index in [9.17, 15) is 0 Å². The molecular formula is C15H13N7OS. The number of nitrogens with zero attached hydrogens (tertiary/aromatic N) is 5. The average Bonchev–Trinajstić information content (AvgIpc) is 3.23. The largest absolute Gasteiger partial charge is 0.396 e. The zero-order valence-corrected chi connectivity index (χ0v) is 13.5. The summed E-state index contributed by atoms with van der Waals surface area (Å²) in [4.78, 5) is 13.9. The van der Waals surface area contributed by atoms with Crippen LogP contribution in [0.3, 0.4) is 0 Å². The molecule has 0 radical (unpaired) electrons. The highest BCUT2D eigenvalue weighted by molar-refractivity contribution is 7.13. The maximum atomic E-state index is 6.19. The number of thiazole rings is 1. The summed E-state index contributed by atoms with van der Waals surface area (Å²) in [6.07, 6.45) is 2.27. The Labute approximate surface area is 140 Å². The number of pyridine rings is 2. The van der Waals surface area contributed by atoms with Crippen LogP contribution in [0.5, 0.6) is 0 Å². The molecule has 8 nitrogen and oxygen atoms in total. The second-order valence-corrected chi connectivity index (χ2v) is 6.19. The molecule has 0 aliphatic rings. The topological polar surface area (TPSA) is 130 Å². The highest BCUT2D eigenvalue weighted by atomic mass is 32.1. The van der Waals surface area contributed by atoms with E-state index in [1.807, 2.05) is 19.1 Å². The molecule has 4 rings (SSSR count). The lowest BCUT2D eigenvalue weighted by atomic mass is 10.0. The van der Waals surface area contributed by atoms with Crippen molar-refractivity contribution in [1.82, 2.24) is 25.3 Å². The fourth-order valence-corrected chi connectivity index (χ4v) is 3.22. The zero-order chi connectivity index (χ0) is 16.7. The molecule has 0 unspecified atom stereocenters. The van der Waals surface area contributed by atoms with Crippen molar-refractivity contribution in [3.8, 4) is 10.4 Å². The Morgan fingerprint density at radius 1 is 1.17 bits per heavy atom. The summed E-state index contributed by atoms with van der Waals surface area (Å²) >= 11 is 1.52. The highest BCUT2D eigenvalue weighted by Crippen LogP contribution is 2.29. The lowest BCUT2D eigenvalue weighted by molar-refractivity contribution is 0.315. The van der Waals surface area contributed by atoms with Crippen molar-refractivity contribution in [2.45, 2.75) is 13.3 Å². The first-order chi connectivity index (χ1) is 11.6. The minimum absolute atomic E-state index is 0.404. The molecule has 0 saturated heterocycles. The van der Waals surface area contributed by atoms with Gasteiger partial charge in [0.15, 0.2) is 5.52 Å². The van der Waals surface area contributed by atoms with E-state index in [0.717, 1.165) is 27.4 Å². The molecule has 120 valence electrons. The van der Waals surface area contributed by atoms with Gasteiger partial charge in [0.2, 0.25) is 5.65 Å². The van der Waals surface area contributed by atoms with E-state index in [0.29, 0.717) is 29.1 Å². The molecule has 0 aliphatic heterocycles. The molecule has 4 aromatic rings. The van der Waals surface area contributed by atoms with Crippen LogP contribution in [0, 0.1) is 6.92 Å². The summed E-state index contributed by atoms with van der Waals surface area (Å²) in [6, 6.07) is 3.87. The van der Waals surface area contributed by atoms with Gasteiger partial charge in [0.05, 0.1) is 16.1 Å². The van der Waals surface area contributed by atoms with Crippen LogP contribution in [0.2, 0.25) is 0 Å². The Morgan fingerprint density at radius 3 is 2.79 bits per heavy atom. The van der Waals surface area contributed by atoms with Gasteiger partial charge >= 0.3 is 0 Å². The first kappa shape index (κ1) is 14.5. The van der Waals surface area contributed by atoms with E-state index in [-0.39, 0.29) is 0 Å². The first-order valence-electron chi connectivity index (χ1n) is 7.15. The molecule has 0 aromatic carbocycles. The quantitative estimate of drug-likeness (QED) is 0.581. The van der Waals surface area contributed by atoms with Crippen LogP contribution in [-0.4, -0.2) is 25.3 Å². The molecule has 0 spiro atoms. The van der Waals surface area contributed by atoms with E-state index >= 15 is 0 Å². The third kappa shape index (κ3) is 2.35. The van der Waals surface area contributed by atoms with Gasteiger partial charge in [-0.05, 0) is 29.4 Å². The fraction of sp³-hybridized carbons (Fsp3) is 0.133. The standard InChI is InChI=1S/C15H13N7OS/c1-7-10(12(16)13-15(19-7)22-23-21-13)4-8-2-3-9(14(17)20-8)11-5-18-6-24-11/h2-3,5-6H,4,16H2,1H3,(H2,17,20). The predicted molar refractivity (Wildman–Crippen MR) is 91.3 cm³/mol. The first-order valence-corrected chi connectivity index (χ1v) is 8.03. The molecule has 0 bridgehead atoms. The summed E-state index contributed by atoms with van der Waals surface area (Å²) in [5.41, 5.74) is 18.7. The number of nitrogen functional groups attached to an aromatic ring is 2. The molecule has 0 saturated carbocycles. The Kier molecular flexibility index (Phi) is 3.35. The zero-order valence-electron chi connectivity index (χ0n) is 12.7. The van der Waals surface area contributed by atoms with Crippen molar-refractivity contribution in [1.29, 1.82) is 0 Å². The summed E-state index contributed by atoms with van der Waals surface area (Å²) in [7, 11) is 0. The third-order valence-corrected chi connectivity index (χ3v) is 4.61. The van der Waals surface area contributed by atoms with Crippen LogP contribution in [0.25, 0.3) is 21.6 Å². The van der Waals surface area contributed by atoms with Crippen molar-refractivity contribution in [3.05, 3.63) is 40.8 Å². The molecular weight excluding hydrogens is 326 g/mol. The van der Waals surface area contributed by atoms with E-state index in [1.54, 1.807) is 11.7 Å². The molecule has 4 aromatic heterocycles. The van der Waals surface area contributed by atoms with Gasteiger partial charge in [0, 0.05) is 35.1 Å². The van der Waals surface area contributed by atoms with Crippen LogP contribution in [-0.2, 0) is 6.42 Å². The lowest BCUT2D eigenvalue weighted by Gasteiger charge is -2.10. The normalized spacial score (nSPS) is 11.2.